The minimum atomic E-state index is -0.867. The Hall–Kier alpha value is -1.69. The van der Waals surface area contributed by atoms with E-state index in [1.807, 2.05) is 6.92 Å². The molecule has 0 aliphatic carbocycles. The summed E-state index contributed by atoms with van der Waals surface area (Å²) in [5, 5.41) is 11.7. The van der Waals surface area contributed by atoms with Gasteiger partial charge in [-0.25, -0.2) is 8.78 Å². The molecule has 0 aromatic heterocycles. The van der Waals surface area contributed by atoms with Crippen LogP contribution in [-0.2, 0) is 4.79 Å². The molecule has 1 unspecified atom stereocenters. The van der Waals surface area contributed by atoms with Crippen LogP contribution in [-0.4, -0.2) is 29.8 Å². The van der Waals surface area contributed by atoms with Crippen LogP contribution in [0.1, 0.15) is 20.3 Å². The predicted molar refractivity (Wildman–Crippen MR) is 65.8 cm³/mol. The Bertz CT molecular complexity index is 448. The Morgan fingerprint density at radius 1 is 1.47 bits per heavy atom. The van der Waals surface area contributed by atoms with Crippen molar-refractivity contribution in [2.24, 2.45) is 0 Å². The molecule has 0 fully saturated rings. The molecule has 0 aliphatic heterocycles. The fourth-order valence-corrected chi connectivity index (χ4v) is 1.35. The zero-order valence-electron chi connectivity index (χ0n) is 10.9. The SMILES string of the molecule is CCC(C)(CO)NC(=O)COc1ccc(F)cc1F. The molecule has 2 N–H and O–H groups in total. The maximum atomic E-state index is 13.2. The summed E-state index contributed by atoms with van der Waals surface area (Å²) in [6, 6.07) is 2.83. The van der Waals surface area contributed by atoms with E-state index >= 15 is 0 Å². The van der Waals surface area contributed by atoms with Crippen LogP contribution in [0.25, 0.3) is 0 Å². The highest BCUT2D eigenvalue weighted by Crippen LogP contribution is 2.17. The summed E-state index contributed by atoms with van der Waals surface area (Å²) in [5.74, 6) is -2.26. The van der Waals surface area contributed by atoms with Gasteiger partial charge in [-0.1, -0.05) is 6.92 Å². The molecule has 0 radical (unpaired) electrons. The van der Waals surface area contributed by atoms with Crippen LogP contribution < -0.4 is 10.1 Å². The van der Waals surface area contributed by atoms with E-state index in [2.05, 4.69) is 5.32 Å². The number of aliphatic hydroxyl groups is 1. The molecule has 0 bridgehead atoms. The van der Waals surface area contributed by atoms with Crippen molar-refractivity contribution in [3.8, 4) is 5.75 Å². The lowest BCUT2D eigenvalue weighted by molar-refractivity contribution is -0.125. The fraction of sp³-hybridized carbons (Fsp3) is 0.462. The van der Waals surface area contributed by atoms with Gasteiger partial charge in [-0.3, -0.25) is 4.79 Å². The van der Waals surface area contributed by atoms with Gasteiger partial charge in [-0.2, -0.15) is 0 Å². The lowest BCUT2D eigenvalue weighted by Crippen LogP contribution is -2.50. The largest absolute Gasteiger partial charge is 0.481 e. The fourth-order valence-electron chi connectivity index (χ4n) is 1.35. The summed E-state index contributed by atoms with van der Waals surface area (Å²) in [6.45, 7) is 2.89. The lowest BCUT2D eigenvalue weighted by atomic mass is 10.0. The standard InChI is InChI=1S/C13H17F2NO3/c1-3-13(2,8-17)16-12(18)7-19-11-5-4-9(14)6-10(11)15/h4-6,17H,3,7-8H2,1-2H3,(H,16,18). The smallest absolute Gasteiger partial charge is 0.258 e. The van der Waals surface area contributed by atoms with Gasteiger partial charge in [0.2, 0.25) is 0 Å². The van der Waals surface area contributed by atoms with Gasteiger partial charge in [0.05, 0.1) is 12.1 Å². The summed E-state index contributed by atoms with van der Waals surface area (Å²) in [6.07, 6.45) is 0.542. The second-order valence-electron chi connectivity index (χ2n) is 4.48. The molecule has 19 heavy (non-hydrogen) atoms. The van der Waals surface area contributed by atoms with Crippen LogP contribution >= 0.6 is 0 Å². The highest BCUT2D eigenvalue weighted by Gasteiger charge is 2.23. The molecule has 1 aromatic rings. The number of carbonyl (C=O) groups excluding carboxylic acids is 1. The third-order valence-electron chi connectivity index (χ3n) is 2.82. The average Bonchev–Trinajstić information content (AvgIpc) is 2.37. The Morgan fingerprint density at radius 2 is 2.16 bits per heavy atom. The monoisotopic (exact) mass is 273 g/mol. The molecule has 1 rings (SSSR count). The summed E-state index contributed by atoms with van der Waals surface area (Å²) in [7, 11) is 0. The number of rotatable bonds is 6. The maximum absolute atomic E-state index is 13.2. The van der Waals surface area contributed by atoms with Crippen LogP contribution in [0, 0.1) is 11.6 Å². The van der Waals surface area contributed by atoms with Gasteiger partial charge in [-0.15, -0.1) is 0 Å². The van der Waals surface area contributed by atoms with Crippen molar-refractivity contribution < 1.29 is 23.4 Å². The van der Waals surface area contributed by atoms with Crippen LogP contribution in [0.2, 0.25) is 0 Å². The number of ether oxygens (including phenoxy) is 1. The summed E-state index contributed by atoms with van der Waals surface area (Å²) >= 11 is 0. The molecule has 1 aromatic carbocycles. The van der Waals surface area contributed by atoms with Gasteiger partial charge in [0.25, 0.3) is 5.91 Å². The highest BCUT2D eigenvalue weighted by atomic mass is 19.1. The first-order valence-corrected chi connectivity index (χ1v) is 5.90. The van der Waals surface area contributed by atoms with Crippen LogP contribution in [0.5, 0.6) is 5.75 Å². The van der Waals surface area contributed by atoms with Gasteiger partial charge < -0.3 is 15.2 Å². The summed E-state index contributed by atoms with van der Waals surface area (Å²) in [4.78, 5) is 11.6. The Balaban J connectivity index is 2.55. The van der Waals surface area contributed by atoms with E-state index in [1.54, 1.807) is 6.92 Å². The first kappa shape index (κ1) is 15.4. The van der Waals surface area contributed by atoms with Crippen molar-refractivity contribution in [2.45, 2.75) is 25.8 Å². The van der Waals surface area contributed by atoms with Crippen molar-refractivity contribution in [2.75, 3.05) is 13.2 Å². The second-order valence-corrected chi connectivity index (χ2v) is 4.48. The molecule has 6 heteroatoms. The zero-order valence-corrected chi connectivity index (χ0v) is 10.9. The molecule has 0 saturated heterocycles. The Labute approximate surface area is 110 Å². The number of nitrogens with one attached hydrogen (secondary N) is 1. The van der Waals surface area contributed by atoms with E-state index in [4.69, 9.17) is 9.84 Å². The average molecular weight is 273 g/mol. The third-order valence-corrected chi connectivity index (χ3v) is 2.82. The molecule has 1 atom stereocenters. The quantitative estimate of drug-likeness (QED) is 0.828. The highest BCUT2D eigenvalue weighted by molar-refractivity contribution is 5.78. The molecule has 0 heterocycles. The van der Waals surface area contributed by atoms with Gasteiger partial charge in [0.15, 0.2) is 18.2 Å². The topological polar surface area (TPSA) is 58.6 Å². The minimum absolute atomic E-state index is 0.196. The van der Waals surface area contributed by atoms with E-state index in [0.717, 1.165) is 12.1 Å². The number of hydrogen-bond donors (Lipinski definition) is 2. The maximum Gasteiger partial charge on any atom is 0.258 e. The third kappa shape index (κ3) is 4.48. The molecular formula is C13H17F2NO3. The first-order valence-electron chi connectivity index (χ1n) is 5.90. The molecule has 0 spiro atoms. The van der Waals surface area contributed by atoms with Gasteiger partial charge in [0.1, 0.15) is 5.82 Å². The van der Waals surface area contributed by atoms with E-state index in [0.29, 0.717) is 12.5 Å². The van der Waals surface area contributed by atoms with E-state index in [1.165, 1.54) is 0 Å². The van der Waals surface area contributed by atoms with E-state index in [-0.39, 0.29) is 12.4 Å². The summed E-state index contributed by atoms with van der Waals surface area (Å²) in [5.41, 5.74) is -0.734. The number of aliphatic hydroxyl groups excluding tert-OH is 1. The molecule has 0 saturated carbocycles. The van der Waals surface area contributed by atoms with Crippen LogP contribution in [0.15, 0.2) is 18.2 Å². The molecule has 4 nitrogen and oxygen atoms in total. The van der Waals surface area contributed by atoms with Gasteiger partial charge >= 0.3 is 0 Å². The van der Waals surface area contributed by atoms with Crippen LogP contribution in [0.4, 0.5) is 8.78 Å². The van der Waals surface area contributed by atoms with Crippen molar-refractivity contribution in [3.63, 3.8) is 0 Å². The number of hydrogen-bond acceptors (Lipinski definition) is 3. The van der Waals surface area contributed by atoms with Crippen LogP contribution in [0.3, 0.4) is 0 Å². The number of amides is 1. The van der Waals surface area contributed by atoms with Crippen molar-refractivity contribution in [3.05, 3.63) is 29.8 Å². The summed E-state index contributed by atoms with van der Waals surface area (Å²) < 4.78 is 30.8. The van der Waals surface area contributed by atoms with E-state index in [9.17, 15) is 13.6 Å². The molecule has 1 amide bonds. The van der Waals surface area contributed by atoms with Crippen molar-refractivity contribution in [1.82, 2.24) is 5.32 Å². The minimum Gasteiger partial charge on any atom is -0.481 e. The number of carbonyl (C=O) groups is 1. The normalized spacial score (nSPS) is 13.7. The van der Waals surface area contributed by atoms with Crippen molar-refractivity contribution in [1.29, 1.82) is 0 Å². The number of halogens is 2. The van der Waals surface area contributed by atoms with Gasteiger partial charge in [0, 0.05) is 6.07 Å². The first-order chi connectivity index (χ1) is 8.90. The zero-order chi connectivity index (χ0) is 14.5. The predicted octanol–water partition coefficient (Wildman–Crippen LogP) is 1.62. The van der Waals surface area contributed by atoms with Gasteiger partial charge in [-0.05, 0) is 25.5 Å². The lowest BCUT2D eigenvalue weighted by Gasteiger charge is -2.27. The van der Waals surface area contributed by atoms with Crippen molar-refractivity contribution >= 4 is 5.91 Å². The Kier molecular flexibility index (Phi) is 5.23. The Morgan fingerprint density at radius 3 is 2.68 bits per heavy atom. The number of benzene rings is 1. The second kappa shape index (κ2) is 6.47. The molecule has 0 aliphatic rings. The van der Waals surface area contributed by atoms with E-state index < -0.39 is 29.7 Å². The molecule has 106 valence electrons. The molecular weight excluding hydrogens is 256 g/mol.